The Morgan fingerprint density at radius 1 is 1.60 bits per heavy atom. The fraction of sp³-hybridized carbons (Fsp3) is 0.556. The van der Waals surface area contributed by atoms with Crippen molar-refractivity contribution >= 4 is 27.7 Å². The zero-order chi connectivity index (χ0) is 11.4. The molecule has 0 unspecified atom stereocenters. The third-order valence-corrected chi connectivity index (χ3v) is 2.65. The molecule has 0 bridgehead atoms. The zero-order valence-corrected chi connectivity index (χ0v) is 10.7. The Morgan fingerprint density at radius 2 is 2.27 bits per heavy atom. The highest BCUT2D eigenvalue weighted by Crippen LogP contribution is 2.25. The van der Waals surface area contributed by atoms with Crippen LogP contribution in [0.25, 0.3) is 0 Å². The van der Waals surface area contributed by atoms with Gasteiger partial charge in [0.1, 0.15) is 5.82 Å². The van der Waals surface area contributed by atoms with E-state index in [1.807, 2.05) is 0 Å². The van der Waals surface area contributed by atoms with E-state index in [-0.39, 0.29) is 0 Å². The van der Waals surface area contributed by atoms with Crippen LogP contribution in [0.3, 0.4) is 0 Å². The molecule has 0 radical (unpaired) electrons. The molecule has 84 valence electrons. The summed E-state index contributed by atoms with van der Waals surface area (Å²) < 4.78 is 0.872. The van der Waals surface area contributed by atoms with Crippen LogP contribution in [0, 0.1) is 0 Å². The minimum absolute atomic E-state index is 0.381. The quantitative estimate of drug-likeness (QED) is 0.647. The van der Waals surface area contributed by atoms with Gasteiger partial charge in [-0.2, -0.15) is 4.98 Å². The van der Waals surface area contributed by atoms with Gasteiger partial charge in [0.05, 0.1) is 4.47 Å². The van der Waals surface area contributed by atoms with Gasteiger partial charge in [0, 0.05) is 18.8 Å². The summed E-state index contributed by atoms with van der Waals surface area (Å²) in [5.74, 6) is 6.56. The molecule has 0 atom stereocenters. The number of aromatic nitrogens is 2. The van der Waals surface area contributed by atoms with Gasteiger partial charge in [-0.1, -0.05) is 0 Å². The van der Waals surface area contributed by atoms with Crippen LogP contribution >= 0.6 is 15.9 Å². The van der Waals surface area contributed by atoms with E-state index in [0.717, 1.165) is 16.8 Å². The maximum atomic E-state index is 5.28. The van der Waals surface area contributed by atoms with Crippen LogP contribution in [-0.2, 0) is 0 Å². The largest absolute Gasteiger partial charge is 0.353 e. The molecule has 1 aromatic rings. The molecule has 0 fully saturated rings. The summed E-state index contributed by atoms with van der Waals surface area (Å²) in [6.45, 7) is 7.21. The molecule has 0 aliphatic heterocycles. The molecule has 3 N–H and O–H groups in total. The number of nitrogens with one attached hydrogen (secondary N) is 1. The molecule has 1 aromatic heterocycles. The lowest BCUT2D eigenvalue weighted by Gasteiger charge is -2.27. The van der Waals surface area contributed by atoms with Gasteiger partial charge in [0.15, 0.2) is 0 Å². The van der Waals surface area contributed by atoms with Gasteiger partial charge in [-0.3, -0.25) is 5.43 Å². The van der Waals surface area contributed by atoms with Gasteiger partial charge >= 0.3 is 0 Å². The monoisotopic (exact) mass is 273 g/mol. The van der Waals surface area contributed by atoms with Crippen LogP contribution in [0.15, 0.2) is 10.7 Å². The minimum atomic E-state index is 0.381. The summed E-state index contributed by atoms with van der Waals surface area (Å²) in [4.78, 5) is 10.5. The number of nitrogens with two attached hydrogens (primary N) is 1. The summed E-state index contributed by atoms with van der Waals surface area (Å²) in [6, 6.07) is 0.381. The first kappa shape index (κ1) is 12.2. The molecule has 0 amide bonds. The number of nitrogens with zero attached hydrogens (tertiary/aromatic N) is 3. The highest BCUT2D eigenvalue weighted by Gasteiger charge is 2.14. The second-order valence-corrected chi connectivity index (χ2v) is 4.24. The van der Waals surface area contributed by atoms with Crippen molar-refractivity contribution in [2.45, 2.75) is 26.8 Å². The molecule has 0 saturated carbocycles. The third-order valence-electron chi connectivity index (χ3n) is 2.09. The lowest BCUT2D eigenvalue weighted by Crippen LogP contribution is -2.31. The predicted octanol–water partition coefficient (Wildman–Crippen LogP) is 1.76. The molecule has 5 nitrogen and oxygen atoms in total. The van der Waals surface area contributed by atoms with Gasteiger partial charge in [0.25, 0.3) is 0 Å². The van der Waals surface area contributed by atoms with E-state index in [4.69, 9.17) is 5.84 Å². The second-order valence-electron chi connectivity index (χ2n) is 3.39. The minimum Gasteiger partial charge on any atom is -0.353 e. The van der Waals surface area contributed by atoms with E-state index in [9.17, 15) is 0 Å². The maximum absolute atomic E-state index is 5.28. The van der Waals surface area contributed by atoms with Crippen molar-refractivity contribution in [1.29, 1.82) is 0 Å². The number of nitrogen functional groups attached to an aromatic ring is 1. The van der Waals surface area contributed by atoms with Crippen LogP contribution in [0.1, 0.15) is 20.8 Å². The standard InChI is InChI=1S/C9H16BrN5/c1-4-15(6(2)3)8-7(10)5-12-9(13-8)14-11/h5-6H,4,11H2,1-3H3,(H,12,13,14). The number of rotatable bonds is 4. The lowest BCUT2D eigenvalue weighted by atomic mass is 10.3. The summed E-state index contributed by atoms with van der Waals surface area (Å²) in [7, 11) is 0. The predicted molar refractivity (Wildman–Crippen MR) is 65.7 cm³/mol. The molecule has 0 spiro atoms. The number of anilines is 2. The number of halogens is 1. The molecular weight excluding hydrogens is 258 g/mol. The van der Waals surface area contributed by atoms with Crippen LogP contribution in [0.5, 0.6) is 0 Å². The molecule has 15 heavy (non-hydrogen) atoms. The topological polar surface area (TPSA) is 67.1 Å². The molecule has 1 rings (SSSR count). The molecule has 0 aliphatic rings. The number of hydrogen-bond acceptors (Lipinski definition) is 5. The maximum Gasteiger partial charge on any atom is 0.239 e. The molecule has 0 saturated heterocycles. The zero-order valence-electron chi connectivity index (χ0n) is 9.16. The van der Waals surface area contributed by atoms with Gasteiger partial charge in [0.2, 0.25) is 5.95 Å². The van der Waals surface area contributed by atoms with Crippen molar-refractivity contribution < 1.29 is 0 Å². The van der Waals surface area contributed by atoms with Crippen molar-refractivity contribution in [3.05, 3.63) is 10.7 Å². The van der Waals surface area contributed by atoms with E-state index in [2.05, 4.69) is 57.0 Å². The average molecular weight is 274 g/mol. The Bertz CT molecular complexity index is 328. The summed E-state index contributed by atoms with van der Waals surface area (Å²) in [5, 5.41) is 0. The molecule has 0 aliphatic carbocycles. The van der Waals surface area contributed by atoms with Gasteiger partial charge < -0.3 is 4.90 Å². The van der Waals surface area contributed by atoms with E-state index in [0.29, 0.717) is 12.0 Å². The van der Waals surface area contributed by atoms with E-state index < -0.39 is 0 Å². The van der Waals surface area contributed by atoms with E-state index in [1.165, 1.54) is 0 Å². The van der Waals surface area contributed by atoms with Crippen molar-refractivity contribution in [3.63, 3.8) is 0 Å². The molecular formula is C9H16BrN5. The first-order chi connectivity index (χ1) is 7.10. The fourth-order valence-corrected chi connectivity index (χ4v) is 1.81. The van der Waals surface area contributed by atoms with Gasteiger partial charge in [-0.15, -0.1) is 0 Å². The normalized spacial score (nSPS) is 10.5. The van der Waals surface area contributed by atoms with Crippen LogP contribution in [0.4, 0.5) is 11.8 Å². The fourth-order valence-electron chi connectivity index (χ4n) is 1.39. The van der Waals surface area contributed by atoms with Gasteiger partial charge in [-0.05, 0) is 36.7 Å². The Morgan fingerprint density at radius 3 is 2.73 bits per heavy atom. The number of hydrazine groups is 1. The van der Waals surface area contributed by atoms with Crippen LogP contribution < -0.4 is 16.2 Å². The highest BCUT2D eigenvalue weighted by atomic mass is 79.9. The molecule has 6 heteroatoms. The lowest BCUT2D eigenvalue weighted by molar-refractivity contribution is 0.690. The van der Waals surface area contributed by atoms with Crippen molar-refractivity contribution in [2.24, 2.45) is 5.84 Å². The molecule has 1 heterocycles. The summed E-state index contributed by atoms with van der Waals surface area (Å²) in [6.07, 6.45) is 1.70. The summed E-state index contributed by atoms with van der Waals surface area (Å²) in [5.41, 5.74) is 2.44. The summed E-state index contributed by atoms with van der Waals surface area (Å²) >= 11 is 3.43. The SMILES string of the molecule is CCN(c1nc(NN)ncc1Br)C(C)C. The van der Waals surface area contributed by atoms with Crippen LogP contribution in [-0.4, -0.2) is 22.6 Å². The Kier molecular flexibility index (Phi) is 4.28. The Hall–Kier alpha value is -0.880. The van der Waals surface area contributed by atoms with E-state index in [1.54, 1.807) is 6.20 Å². The first-order valence-electron chi connectivity index (χ1n) is 4.86. The van der Waals surface area contributed by atoms with Crippen molar-refractivity contribution in [3.8, 4) is 0 Å². The highest BCUT2D eigenvalue weighted by molar-refractivity contribution is 9.10. The van der Waals surface area contributed by atoms with E-state index >= 15 is 0 Å². The Balaban J connectivity index is 3.09. The van der Waals surface area contributed by atoms with Crippen LogP contribution in [0.2, 0.25) is 0 Å². The van der Waals surface area contributed by atoms with Crippen molar-refractivity contribution in [2.75, 3.05) is 16.9 Å². The number of hydrogen-bond donors (Lipinski definition) is 2. The molecule has 0 aromatic carbocycles. The third kappa shape index (κ3) is 2.79. The smallest absolute Gasteiger partial charge is 0.239 e. The average Bonchev–Trinajstić information content (AvgIpc) is 2.21. The van der Waals surface area contributed by atoms with Gasteiger partial charge in [-0.25, -0.2) is 10.8 Å². The van der Waals surface area contributed by atoms with Crippen molar-refractivity contribution in [1.82, 2.24) is 9.97 Å². The first-order valence-corrected chi connectivity index (χ1v) is 5.65. The second kappa shape index (κ2) is 5.27. The Labute approximate surface area is 98.2 Å².